The van der Waals surface area contributed by atoms with Crippen LogP contribution in [0.5, 0.6) is 0 Å². The van der Waals surface area contributed by atoms with Gasteiger partial charge in [0.1, 0.15) is 11.4 Å². The summed E-state index contributed by atoms with van der Waals surface area (Å²) in [5, 5.41) is 0.836. The minimum atomic E-state index is -0.609. The number of rotatable bonds is 2. The molecule has 20 heavy (non-hydrogen) atoms. The van der Waals surface area contributed by atoms with Crippen LogP contribution >= 0.6 is 0 Å². The monoisotopic (exact) mass is 269 g/mol. The van der Waals surface area contributed by atoms with Crippen molar-refractivity contribution in [2.24, 2.45) is 0 Å². The van der Waals surface area contributed by atoms with E-state index in [1.807, 2.05) is 19.1 Å². The molecule has 0 aliphatic rings. The third-order valence-corrected chi connectivity index (χ3v) is 3.19. The summed E-state index contributed by atoms with van der Waals surface area (Å²) >= 11 is 0. The molecule has 2 N–H and O–H groups in total. The highest BCUT2D eigenvalue weighted by Gasteiger charge is 2.18. The molecule has 2 aromatic carbocycles. The Bertz CT molecular complexity index is 820. The molecule has 1 aromatic heterocycles. The second-order valence-corrected chi connectivity index (χ2v) is 4.68. The lowest BCUT2D eigenvalue weighted by Crippen LogP contribution is -2.05. The lowest BCUT2D eigenvalue weighted by Gasteiger charge is -2.02. The molecule has 0 saturated heterocycles. The summed E-state index contributed by atoms with van der Waals surface area (Å²) in [5.74, 6) is -0.874. The van der Waals surface area contributed by atoms with Gasteiger partial charge in [-0.05, 0) is 37.3 Å². The predicted octanol–water partition coefficient (Wildman–Crippen LogP) is 3.69. The van der Waals surface area contributed by atoms with Crippen molar-refractivity contribution in [1.29, 1.82) is 0 Å². The summed E-state index contributed by atoms with van der Waals surface area (Å²) in [6.45, 7) is 1.96. The Kier molecular flexibility index (Phi) is 2.79. The highest BCUT2D eigenvalue weighted by molar-refractivity contribution is 6.12. The van der Waals surface area contributed by atoms with E-state index in [4.69, 9.17) is 10.2 Å². The fourth-order valence-electron chi connectivity index (χ4n) is 2.14. The number of carbonyl (C=O) groups excluding carboxylic acids is 1. The Morgan fingerprint density at radius 3 is 2.80 bits per heavy atom. The molecule has 1 heterocycles. The molecule has 0 atom stereocenters. The van der Waals surface area contributed by atoms with Crippen molar-refractivity contribution in [2.45, 2.75) is 6.92 Å². The fraction of sp³-hybridized carbons (Fsp3) is 0.0625. The molecule has 0 unspecified atom stereocenters. The van der Waals surface area contributed by atoms with Gasteiger partial charge in [-0.25, -0.2) is 4.39 Å². The van der Waals surface area contributed by atoms with Crippen LogP contribution in [0.15, 0.2) is 46.9 Å². The number of hydrogen-bond acceptors (Lipinski definition) is 3. The normalized spacial score (nSPS) is 10.9. The maximum atomic E-state index is 13.4. The van der Waals surface area contributed by atoms with Crippen LogP contribution in [0.1, 0.15) is 21.7 Å². The van der Waals surface area contributed by atoms with Crippen LogP contribution in [0.3, 0.4) is 0 Å². The number of carbonyl (C=O) groups is 1. The van der Waals surface area contributed by atoms with Gasteiger partial charge < -0.3 is 10.2 Å². The Morgan fingerprint density at radius 1 is 1.20 bits per heavy atom. The van der Waals surface area contributed by atoms with Gasteiger partial charge in [-0.2, -0.15) is 0 Å². The maximum absolute atomic E-state index is 13.4. The molecule has 0 bridgehead atoms. The van der Waals surface area contributed by atoms with Crippen LogP contribution < -0.4 is 5.73 Å². The molecule has 0 saturated carbocycles. The Balaban J connectivity index is 2.10. The van der Waals surface area contributed by atoms with Crippen LogP contribution in [0, 0.1) is 12.7 Å². The number of nitrogens with two attached hydrogens (primary N) is 1. The first-order valence-corrected chi connectivity index (χ1v) is 6.15. The summed E-state index contributed by atoms with van der Waals surface area (Å²) in [6, 6.07) is 11.4. The number of aryl methyl sites for hydroxylation is 1. The predicted molar refractivity (Wildman–Crippen MR) is 75.2 cm³/mol. The average Bonchev–Trinajstić information content (AvgIpc) is 2.84. The van der Waals surface area contributed by atoms with Crippen molar-refractivity contribution in [1.82, 2.24) is 0 Å². The minimum absolute atomic E-state index is 0.112. The van der Waals surface area contributed by atoms with Gasteiger partial charge in [0, 0.05) is 5.39 Å². The van der Waals surface area contributed by atoms with E-state index in [0.717, 1.165) is 10.9 Å². The third kappa shape index (κ3) is 1.95. The van der Waals surface area contributed by atoms with Crippen molar-refractivity contribution in [2.75, 3.05) is 5.73 Å². The summed E-state index contributed by atoms with van der Waals surface area (Å²) < 4.78 is 18.9. The largest absolute Gasteiger partial charge is 0.453 e. The number of anilines is 1. The number of halogens is 1. The second kappa shape index (κ2) is 4.49. The first kappa shape index (κ1) is 12.4. The van der Waals surface area contributed by atoms with Crippen LogP contribution in [-0.2, 0) is 0 Å². The van der Waals surface area contributed by atoms with Gasteiger partial charge in [-0.15, -0.1) is 0 Å². The molecule has 0 aliphatic carbocycles. The lowest BCUT2D eigenvalue weighted by molar-refractivity contribution is 0.101. The molecule has 4 heteroatoms. The van der Waals surface area contributed by atoms with Crippen molar-refractivity contribution in [3.63, 3.8) is 0 Å². The van der Waals surface area contributed by atoms with Gasteiger partial charge in [-0.3, -0.25) is 4.79 Å². The molecule has 100 valence electrons. The first-order valence-electron chi connectivity index (χ1n) is 6.15. The smallest absolute Gasteiger partial charge is 0.230 e. The Labute approximate surface area is 114 Å². The molecule has 0 amide bonds. The quantitative estimate of drug-likeness (QED) is 0.570. The zero-order chi connectivity index (χ0) is 14.3. The molecular formula is C16H12FNO2. The highest BCUT2D eigenvalue weighted by Crippen LogP contribution is 2.25. The van der Waals surface area contributed by atoms with Crippen molar-refractivity contribution in [3.8, 4) is 0 Å². The van der Waals surface area contributed by atoms with Crippen LogP contribution in [0.4, 0.5) is 10.1 Å². The number of furan rings is 1. The van der Waals surface area contributed by atoms with E-state index < -0.39 is 11.6 Å². The second-order valence-electron chi connectivity index (χ2n) is 4.68. The molecule has 0 radical (unpaired) electrons. The summed E-state index contributed by atoms with van der Waals surface area (Å²) in [6.07, 6.45) is 0. The zero-order valence-corrected chi connectivity index (χ0v) is 10.8. The van der Waals surface area contributed by atoms with Crippen LogP contribution in [0.25, 0.3) is 11.0 Å². The van der Waals surface area contributed by atoms with E-state index in [1.165, 1.54) is 18.2 Å². The number of fused-ring (bicyclic) bond motifs is 1. The van der Waals surface area contributed by atoms with Crippen molar-refractivity contribution in [3.05, 3.63) is 65.2 Å². The van der Waals surface area contributed by atoms with E-state index in [9.17, 15) is 9.18 Å². The number of nitrogen functional groups attached to an aromatic ring is 1. The zero-order valence-electron chi connectivity index (χ0n) is 10.8. The molecule has 3 nitrogen and oxygen atoms in total. The molecule has 0 spiro atoms. The highest BCUT2D eigenvalue weighted by atomic mass is 19.1. The Morgan fingerprint density at radius 2 is 2.00 bits per heavy atom. The lowest BCUT2D eigenvalue weighted by atomic mass is 10.1. The van der Waals surface area contributed by atoms with E-state index in [2.05, 4.69) is 0 Å². The van der Waals surface area contributed by atoms with Gasteiger partial charge in [0.25, 0.3) is 0 Å². The number of ketones is 1. The molecule has 3 aromatic rings. The van der Waals surface area contributed by atoms with E-state index >= 15 is 0 Å². The molecule has 0 fully saturated rings. The number of para-hydroxylation sites is 1. The summed E-state index contributed by atoms with van der Waals surface area (Å²) in [7, 11) is 0. The Hall–Kier alpha value is -2.62. The molecule has 3 rings (SSSR count). The van der Waals surface area contributed by atoms with Gasteiger partial charge in [0.2, 0.25) is 5.78 Å². The standard InChI is InChI=1S/C16H12FNO2/c1-9-5-6-13-10(7-9)8-14(20-13)16(19)11-3-2-4-12(17)15(11)18/h2-8H,18H2,1H3. The summed E-state index contributed by atoms with van der Waals surface area (Å²) in [5.41, 5.74) is 7.25. The van der Waals surface area contributed by atoms with Gasteiger partial charge in [-0.1, -0.05) is 17.7 Å². The van der Waals surface area contributed by atoms with Gasteiger partial charge in [0.05, 0.1) is 11.3 Å². The SMILES string of the molecule is Cc1ccc2oc(C(=O)c3cccc(F)c3N)cc2c1. The number of benzene rings is 2. The summed E-state index contributed by atoms with van der Waals surface area (Å²) in [4.78, 5) is 12.3. The van der Waals surface area contributed by atoms with Gasteiger partial charge >= 0.3 is 0 Å². The molecular weight excluding hydrogens is 257 g/mol. The van der Waals surface area contributed by atoms with Gasteiger partial charge in [0.15, 0.2) is 5.76 Å². The van der Waals surface area contributed by atoms with E-state index in [0.29, 0.717) is 5.58 Å². The van der Waals surface area contributed by atoms with Crippen LogP contribution in [-0.4, -0.2) is 5.78 Å². The average molecular weight is 269 g/mol. The van der Waals surface area contributed by atoms with E-state index in [-0.39, 0.29) is 17.0 Å². The maximum Gasteiger partial charge on any atom is 0.230 e. The van der Waals surface area contributed by atoms with Crippen molar-refractivity contribution >= 4 is 22.4 Å². The van der Waals surface area contributed by atoms with Crippen LogP contribution in [0.2, 0.25) is 0 Å². The van der Waals surface area contributed by atoms with Crippen molar-refractivity contribution < 1.29 is 13.6 Å². The molecule has 0 aliphatic heterocycles. The first-order chi connectivity index (χ1) is 9.56. The minimum Gasteiger partial charge on any atom is -0.453 e. The third-order valence-electron chi connectivity index (χ3n) is 3.19. The number of hydrogen-bond donors (Lipinski definition) is 1. The fourth-order valence-corrected chi connectivity index (χ4v) is 2.14. The van der Waals surface area contributed by atoms with E-state index in [1.54, 1.807) is 12.1 Å². The topological polar surface area (TPSA) is 56.2 Å².